The molecule has 0 bridgehead atoms. The van der Waals surface area contributed by atoms with Gasteiger partial charge in [0, 0.05) is 24.7 Å². The number of rotatable bonds is 6. The summed E-state index contributed by atoms with van der Waals surface area (Å²) in [5.74, 6) is -0.832. The molecule has 1 unspecified atom stereocenters. The number of phenolic OH excluding ortho intramolecular Hbond substituents is 4. The molecule has 0 radical (unpaired) electrons. The van der Waals surface area contributed by atoms with Gasteiger partial charge in [-0.3, -0.25) is 0 Å². The molecule has 1 atom stereocenters. The van der Waals surface area contributed by atoms with Crippen LogP contribution in [0.2, 0.25) is 0 Å². The molecule has 0 spiro atoms. The summed E-state index contributed by atoms with van der Waals surface area (Å²) in [4.78, 5) is 0. The Balaban J connectivity index is 2.60. The van der Waals surface area contributed by atoms with Crippen molar-refractivity contribution in [1.82, 2.24) is 5.32 Å². The predicted octanol–water partition coefficient (Wildman–Crippen LogP) is 2.21. The number of aliphatic hydroxyl groups is 1. The van der Waals surface area contributed by atoms with E-state index in [2.05, 4.69) is 5.32 Å². The molecular formula is C17H21NO5. The fourth-order valence-electron chi connectivity index (χ4n) is 2.65. The maximum atomic E-state index is 10.1. The minimum absolute atomic E-state index is 0.00682. The summed E-state index contributed by atoms with van der Waals surface area (Å²) in [6.45, 7) is 2.34. The number of hydrogen-bond donors (Lipinski definition) is 6. The molecule has 2 rings (SSSR count). The van der Waals surface area contributed by atoms with Crippen LogP contribution in [0.5, 0.6) is 23.0 Å². The molecule has 0 aliphatic heterocycles. The molecule has 23 heavy (non-hydrogen) atoms. The summed E-state index contributed by atoms with van der Waals surface area (Å²) >= 11 is 0. The molecule has 0 fully saturated rings. The molecule has 0 aliphatic rings. The third-order valence-corrected chi connectivity index (χ3v) is 3.67. The standard InChI is InChI=1S/C17H21NO5/c1-2-14(18-5-6-19)12-4-3-10(20)7-13(12)17-15(22)8-11(21)9-16(17)23/h3-4,7-9,14,18-23H,2,5-6H2,1H3. The van der Waals surface area contributed by atoms with Crippen molar-refractivity contribution < 1.29 is 25.5 Å². The SMILES string of the molecule is CCC(NCCO)c1ccc(O)cc1-c1c(O)cc(O)cc1O. The van der Waals surface area contributed by atoms with Crippen molar-refractivity contribution in [2.45, 2.75) is 19.4 Å². The average Bonchev–Trinajstić information content (AvgIpc) is 2.48. The zero-order valence-corrected chi connectivity index (χ0v) is 12.8. The molecular weight excluding hydrogens is 298 g/mol. The van der Waals surface area contributed by atoms with Gasteiger partial charge in [0.1, 0.15) is 23.0 Å². The van der Waals surface area contributed by atoms with E-state index in [0.717, 1.165) is 17.7 Å². The largest absolute Gasteiger partial charge is 0.508 e. The second-order valence-corrected chi connectivity index (χ2v) is 5.27. The highest BCUT2D eigenvalue weighted by Crippen LogP contribution is 2.44. The smallest absolute Gasteiger partial charge is 0.130 e. The van der Waals surface area contributed by atoms with Gasteiger partial charge in [0.2, 0.25) is 0 Å². The summed E-state index contributed by atoms with van der Waals surface area (Å²) < 4.78 is 0. The monoisotopic (exact) mass is 319 g/mol. The van der Waals surface area contributed by atoms with Crippen molar-refractivity contribution in [2.24, 2.45) is 0 Å². The third kappa shape index (κ3) is 3.67. The van der Waals surface area contributed by atoms with Crippen LogP contribution in [0.1, 0.15) is 24.9 Å². The van der Waals surface area contributed by atoms with E-state index in [1.807, 2.05) is 6.92 Å². The first-order valence-corrected chi connectivity index (χ1v) is 7.40. The highest BCUT2D eigenvalue weighted by molar-refractivity contribution is 5.80. The normalized spacial score (nSPS) is 12.3. The molecule has 0 saturated carbocycles. The Morgan fingerprint density at radius 1 is 0.957 bits per heavy atom. The van der Waals surface area contributed by atoms with Crippen molar-refractivity contribution in [2.75, 3.05) is 13.2 Å². The maximum Gasteiger partial charge on any atom is 0.130 e. The van der Waals surface area contributed by atoms with Gasteiger partial charge in [0.25, 0.3) is 0 Å². The lowest BCUT2D eigenvalue weighted by atomic mass is 9.92. The first-order chi connectivity index (χ1) is 11.0. The summed E-state index contributed by atoms with van der Waals surface area (Å²) in [5, 5.41) is 51.6. The van der Waals surface area contributed by atoms with Crippen molar-refractivity contribution in [3.8, 4) is 34.1 Å². The molecule has 0 aliphatic carbocycles. The summed E-state index contributed by atoms with van der Waals surface area (Å²) in [6, 6.07) is 6.80. The van der Waals surface area contributed by atoms with Gasteiger partial charge in [-0.15, -0.1) is 0 Å². The highest BCUT2D eigenvalue weighted by atomic mass is 16.3. The average molecular weight is 319 g/mol. The summed E-state index contributed by atoms with van der Waals surface area (Å²) in [7, 11) is 0. The van der Waals surface area contributed by atoms with E-state index in [9.17, 15) is 20.4 Å². The number of benzene rings is 2. The lowest BCUT2D eigenvalue weighted by Crippen LogP contribution is -2.24. The van der Waals surface area contributed by atoms with Crippen molar-refractivity contribution >= 4 is 0 Å². The first-order valence-electron chi connectivity index (χ1n) is 7.40. The molecule has 0 heterocycles. The van der Waals surface area contributed by atoms with Crippen molar-refractivity contribution in [3.05, 3.63) is 35.9 Å². The molecule has 0 amide bonds. The molecule has 0 saturated heterocycles. The fourth-order valence-corrected chi connectivity index (χ4v) is 2.65. The topological polar surface area (TPSA) is 113 Å². The summed E-state index contributed by atoms with van der Waals surface area (Å²) in [6.07, 6.45) is 0.706. The third-order valence-electron chi connectivity index (χ3n) is 3.67. The molecule has 124 valence electrons. The van der Waals surface area contributed by atoms with Gasteiger partial charge in [0.05, 0.1) is 12.2 Å². The minimum atomic E-state index is -0.286. The van der Waals surface area contributed by atoms with Crippen LogP contribution in [-0.4, -0.2) is 38.7 Å². The van der Waals surface area contributed by atoms with Crippen LogP contribution in [-0.2, 0) is 0 Å². The lowest BCUT2D eigenvalue weighted by Gasteiger charge is -2.21. The molecule has 6 nitrogen and oxygen atoms in total. The summed E-state index contributed by atoms with van der Waals surface area (Å²) in [5.41, 5.74) is 1.35. The van der Waals surface area contributed by atoms with Crippen LogP contribution >= 0.6 is 0 Å². The van der Waals surface area contributed by atoms with Gasteiger partial charge < -0.3 is 30.8 Å². The van der Waals surface area contributed by atoms with Crippen LogP contribution in [0, 0.1) is 0 Å². The minimum Gasteiger partial charge on any atom is -0.508 e. The Morgan fingerprint density at radius 3 is 2.17 bits per heavy atom. The number of aromatic hydroxyl groups is 4. The number of nitrogens with one attached hydrogen (secondary N) is 1. The molecule has 6 N–H and O–H groups in total. The maximum absolute atomic E-state index is 10.1. The van der Waals surface area contributed by atoms with Gasteiger partial charge in [0.15, 0.2) is 0 Å². The van der Waals surface area contributed by atoms with Gasteiger partial charge in [-0.1, -0.05) is 13.0 Å². The van der Waals surface area contributed by atoms with E-state index in [-0.39, 0.29) is 41.2 Å². The van der Waals surface area contributed by atoms with E-state index in [0.29, 0.717) is 18.5 Å². The van der Waals surface area contributed by atoms with Crippen molar-refractivity contribution in [1.29, 1.82) is 0 Å². The zero-order chi connectivity index (χ0) is 17.0. The van der Waals surface area contributed by atoms with Crippen LogP contribution in [0.4, 0.5) is 0 Å². The Bertz CT molecular complexity index is 664. The number of phenols is 4. The van der Waals surface area contributed by atoms with E-state index in [1.54, 1.807) is 6.07 Å². The van der Waals surface area contributed by atoms with Gasteiger partial charge in [-0.2, -0.15) is 0 Å². The highest BCUT2D eigenvalue weighted by Gasteiger charge is 2.20. The second-order valence-electron chi connectivity index (χ2n) is 5.27. The molecule has 2 aromatic rings. The Kier molecular flexibility index (Phi) is 5.31. The van der Waals surface area contributed by atoms with E-state index < -0.39 is 0 Å². The molecule has 2 aromatic carbocycles. The van der Waals surface area contributed by atoms with Crippen LogP contribution in [0.3, 0.4) is 0 Å². The molecule has 0 aromatic heterocycles. The lowest BCUT2D eigenvalue weighted by molar-refractivity contribution is 0.283. The van der Waals surface area contributed by atoms with Gasteiger partial charge in [-0.25, -0.2) is 0 Å². The van der Waals surface area contributed by atoms with Gasteiger partial charge in [-0.05, 0) is 29.7 Å². The van der Waals surface area contributed by atoms with E-state index >= 15 is 0 Å². The Morgan fingerprint density at radius 2 is 1.61 bits per heavy atom. The Labute approximate surface area is 134 Å². The van der Waals surface area contributed by atoms with Crippen LogP contribution in [0.25, 0.3) is 11.1 Å². The first kappa shape index (κ1) is 16.9. The number of hydrogen-bond acceptors (Lipinski definition) is 6. The van der Waals surface area contributed by atoms with E-state index in [1.165, 1.54) is 12.1 Å². The second kappa shape index (κ2) is 7.21. The van der Waals surface area contributed by atoms with Crippen LogP contribution < -0.4 is 5.32 Å². The van der Waals surface area contributed by atoms with Crippen molar-refractivity contribution in [3.63, 3.8) is 0 Å². The Hall–Kier alpha value is -2.44. The quantitative estimate of drug-likeness (QED) is 0.487. The predicted molar refractivity (Wildman–Crippen MR) is 86.7 cm³/mol. The van der Waals surface area contributed by atoms with Crippen LogP contribution in [0.15, 0.2) is 30.3 Å². The van der Waals surface area contributed by atoms with E-state index in [4.69, 9.17) is 5.11 Å². The molecule has 6 heteroatoms. The van der Waals surface area contributed by atoms with Gasteiger partial charge >= 0.3 is 0 Å². The zero-order valence-electron chi connectivity index (χ0n) is 12.8. The number of aliphatic hydroxyl groups excluding tert-OH is 1. The fraction of sp³-hybridized carbons (Fsp3) is 0.294.